The normalized spacial score (nSPS) is 10.5. The fourth-order valence-corrected chi connectivity index (χ4v) is 2.91. The first-order valence-electron chi connectivity index (χ1n) is 5.96. The third-order valence-corrected chi connectivity index (χ3v) is 4.06. The molecule has 0 saturated heterocycles. The first-order valence-corrected chi connectivity index (χ1v) is 7.15. The smallest absolute Gasteiger partial charge is 0.265 e. The van der Waals surface area contributed by atoms with Crippen LogP contribution in [0.1, 0.15) is 21.8 Å². The van der Waals surface area contributed by atoms with Crippen LogP contribution in [0.4, 0.5) is 5.69 Å². The molecule has 0 spiro atoms. The molecule has 2 rings (SSSR count). The van der Waals surface area contributed by atoms with Gasteiger partial charge in [-0.25, -0.2) is 0 Å². The summed E-state index contributed by atoms with van der Waals surface area (Å²) in [6, 6.07) is 5.28. The van der Waals surface area contributed by atoms with E-state index in [4.69, 9.17) is 17.3 Å². The average Bonchev–Trinajstić information content (AvgIpc) is 2.93. The number of anilines is 1. The molecule has 0 atom stereocenters. The van der Waals surface area contributed by atoms with Gasteiger partial charge in [0.2, 0.25) is 5.91 Å². The number of halogens is 1. The van der Waals surface area contributed by atoms with Gasteiger partial charge in [-0.1, -0.05) is 11.6 Å². The molecule has 0 fully saturated rings. The number of aryl methyl sites for hydroxylation is 2. The Balaban J connectivity index is 1.91. The van der Waals surface area contributed by atoms with Gasteiger partial charge in [0.1, 0.15) is 5.69 Å². The van der Waals surface area contributed by atoms with Gasteiger partial charge in [0.15, 0.2) is 0 Å². The van der Waals surface area contributed by atoms with Crippen molar-refractivity contribution in [2.45, 2.75) is 12.8 Å². The van der Waals surface area contributed by atoms with Crippen LogP contribution >= 0.6 is 22.9 Å². The first-order chi connectivity index (χ1) is 9.45. The lowest BCUT2D eigenvalue weighted by molar-refractivity contribution is -0.116. The van der Waals surface area contributed by atoms with Crippen LogP contribution in [-0.2, 0) is 18.3 Å². The summed E-state index contributed by atoms with van der Waals surface area (Å²) in [7, 11) is 1.70. The quantitative estimate of drug-likeness (QED) is 0.889. The molecule has 0 aliphatic heterocycles. The molecule has 2 aromatic heterocycles. The number of hydrogen-bond donors (Lipinski definition) is 2. The van der Waals surface area contributed by atoms with E-state index in [0.29, 0.717) is 24.2 Å². The number of nitrogens with one attached hydrogen (secondary N) is 1. The minimum absolute atomic E-state index is 0.115. The van der Waals surface area contributed by atoms with Crippen molar-refractivity contribution in [3.05, 3.63) is 39.3 Å². The van der Waals surface area contributed by atoms with Crippen molar-refractivity contribution >= 4 is 40.4 Å². The highest BCUT2D eigenvalue weighted by atomic mass is 35.5. The van der Waals surface area contributed by atoms with Gasteiger partial charge in [0.05, 0.1) is 10.0 Å². The molecule has 20 heavy (non-hydrogen) atoms. The van der Waals surface area contributed by atoms with Crippen LogP contribution in [-0.4, -0.2) is 16.4 Å². The van der Waals surface area contributed by atoms with Crippen LogP contribution in [0, 0.1) is 0 Å². The Morgan fingerprint density at radius 3 is 2.75 bits per heavy atom. The predicted octanol–water partition coefficient (Wildman–Crippen LogP) is 2.41. The van der Waals surface area contributed by atoms with E-state index in [1.807, 2.05) is 12.1 Å². The van der Waals surface area contributed by atoms with Crippen molar-refractivity contribution in [2.75, 3.05) is 5.32 Å². The maximum absolute atomic E-state index is 11.8. The maximum atomic E-state index is 11.8. The van der Waals surface area contributed by atoms with Crippen LogP contribution in [0.5, 0.6) is 0 Å². The molecule has 2 heterocycles. The fourth-order valence-electron chi connectivity index (χ4n) is 1.82. The summed E-state index contributed by atoms with van der Waals surface area (Å²) in [5.74, 6) is -0.641. The molecule has 0 aliphatic carbocycles. The van der Waals surface area contributed by atoms with E-state index in [0.717, 1.165) is 9.21 Å². The van der Waals surface area contributed by atoms with Crippen LogP contribution in [0.25, 0.3) is 0 Å². The van der Waals surface area contributed by atoms with Crippen LogP contribution in [0.2, 0.25) is 4.34 Å². The average molecular weight is 312 g/mol. The minimum atomic E-state index is -0.527. The standard InChI is InChI=1S/C13H14ClN3O2S/c1-17-7-8(6-10(17)13(15)19)16-12(18)5-3-9-2-4-11(14)20-9/h2,4,6-7H,3,5H2,1H3,(H2,15,19)(H,16,18). The molecule has 0 aromatic carbocycles. The fraction of sp³-hybridized carbons (Fsp3) is 0.231. The zero-order valence-corrected chi connectivity index (χ0v) is 12.4. The number of nitrogens with zero attached hydrogens (tertiary/aromatic N) is 1. The SMILES string of the molecule is Cn1cc(NC(=O)CCc2ccc(Cl)s2)cc1C(N)=O. The Morgan fingerprint density at radius 2 is 2.20 bits per heavy atom. The second kappa shape index (κ2) is 6.11. The topological polar surface area (TPSA) is 77.1 Å². The zero-order chi connectivity index (χ0) is 14.7. The van der Waals surface area contributed by atoms with Crippen molar-refractivity contribution in [1.29, 1.82) is 0 Å². The van der Waals surface area contributed by atoms with E-state index in [-0.39, 0.29) is 5.91 Å². The van der Waals surface area contributed by atoms with Gasteiger partial charge in [-0.2, -0.15) is 0 Å². The highest BCUT2D eigenvalue weighted by Gasteiger charge is 2.10. The van der Waals surface area contributed by atoms with Crippen molar-refractivity contribution in [3.8, 4) is 0 Å². The minimum Gasteiger partial charge on any atom is -0.364 e. The number of thiophene rings is 1. The first kappa shape index (κ1) is 14.6. The van der Waals surface area contributed by atoms with Gasteiger partial charge >= 0.3 is 0 Å². The number of nitrogens with two attached hydrogens (primary N) is 1. The summed E-state index contributed by atoms with van der Waals surface area (Å²) in [6.45, 7) is 0. The molecule has 2 aromatic rings. The van der Waals surface area contributed by atoms with E-state index in [1.165, 1.54) is 11.3 Å². The number of aromatic nitrogens is 1. The molecular weight excluding hydrogens is 298 g/mol. The zero-order valence-electron chi connectivity index (χ0n) is 10.9. The van der Waals surface area contributed by atoms with Gasteiger partial charge in [0.25, 0.3) is 5.91 Å². The molecule has 0 aliphatic rings. The van der Waals surface area contributed by atoms with Crippen LogP contribution in [0.15, 0.2) is 24.4 Å². The van der Waals surface area contributed by atoms with Gasteiger partial charge in [-0.05, 0) is 24.6 Å². The molecular formula is C13H14ClN3O2S. The predicted molar refractivity (Wildman–Crippen MR) is 80.2 cm³/mol. The van der Waals surface area contributed by atoms with Gasteiger partial charge in [0, 0.05) is 24.5 Å². The largest absolute Gasteiger partial charge is 0.364 e. The summed E-state index contributed by atoms with van der Waals surface area (Å²) in [4.78, 5) is 24.0. The summed E-state index contributed by atoms with van der Waals surface area (Å²) in [6.07, 6.45) is 2.65. The van der Waals surface area contributed by atoms with E-state index in [2.05, 4.69) is 5.32 Å². The summed E-state index contributed by atoms with van der Waals surface area (Å²) >= 11 is 7.29. The van der Waals surface area contributed by atoms with Crippen molar-refractivity contribution in [2.24, 2.45) is 12.8 Å². The van der Waals surface area contributed by atoms with Gasteiger partial charge in [-0.15, -0.1) is 11.3 Å². The summed E-state index contributed by atoms with van der Waals surface area (Å²) in [5.41, 5.74) is 6.13. The number of amides is 2. The van der Waals surface area contributed by atoms with Crippen molar-refractivity contribution in [1.82, 2.24) is 4.57 Å². The number of hydrogen-bond acceptors (Lipinski definition) is 3. The number of primary amides is 1. The van der Waals surface area contributed by atoms with Gasteiger partial charge < -0.3 is 15.6 Å². The van der Waals surface area contributed by atoms with E-state index in [1.54, 1.807) is 23.9 Å². The molecule has 2 amide bonds. The Bertz CT molecular complexity index is 648. The molecule has 0 saturated carbocycles. The third-order valence-electron chi connectivity index (χ3n) is 2.77. The lowest BCUT2D eigenvalue weighted by atomic mass is 10.2. The van der Waals surface area contributed by atoms with Crippen molar-refractivity contribution in [3.63, 3.8) is 0 Å². The summed E-state index contributed by atoms with van der Waals surface area (Å²) in [5, 5.41) is 2.74. The maximum Gasteiger partial charge on any atom is 0.265 e. The molecule has 0 unspecified atom stereocenters. The third kappa shape index (κ3) is 3.61. The summed E-state index contributed by atoms with van der Waals surface area (Å²) < 4.78 is 2.30. The Kier molecular flexibility index (Phi) is 4.46. The highest BCUT2D eigenvalue weighted by Crippen LogP contribution is 2.22. The Labute approximate surface area is 125 Å². The van der Waals surface area contributed by atoms with Gasteiger partial charge in [-0.3, -0.25) is 9.59 Å². The molecule has 3 N–H and O–H groups in total. The molecule has 5 nitrogen and oxygen atoms in total. The lowest BCUT2D eigenvalue weighted by Gasteiger charge is -2.01. The monoisotopic (exact) mass is 311 g/mol. The Morgan fingerprint density at radius 1 is 1.45 bits per heavy atom. The van der Waals surface area contributed by atoms with E-state index >= 15 is 0 Å². The van der Waals surface area contributed by atoms with Crippen molar-refractivity contribution < 1.29 is 9.59 Å². The van der Waals surface area contributed by atoms with E-state index in [9.17, 15) is 9.59 Å². The number of rotatable bonds is 5. The van der Waals surface area contributed by atoms with Crippen LogP contribution in [0.3, 0.4) is 0 Å². The number of carbonyl (C=O) groups is 2. The molecule has 0 radical (unpaired) electrons. The highest BCUT2D eigenvalue weighted by molar-refractivity contribution is 7.16. The van der Waals surface area contributed by atoms with Crippen LogP contribution < -0.4 is 11.1 Å². The lowest BCUT2D eigenvalue weighted by Crippen LogP contribution is -2.14. The molecule has 0 bridgehead atoms. The second-order valence-corrected chi connectivity index (χ2v) is 6.14. The molecule has 106 valence electrons. The molecule has 7 heteroatoms. The second-order valence-electron chi connectivity index (χ2n) is 4.34. The number of carbonyl (C=O) groups excluding carboxylic acids is 2. The Hall–Kier alpha value is -1.79. The van der Waals surface area contributed by atoms with E-state index < -0.39 is 5.91 Å².